The molecule has 0 radical (unpaired) electrons. The second-order valence-corrected chi connectivity index (χ2v) is 5.72. The zero-order valence-corrected chi connectivity index (χ0v) is 13.1. The number of amides is 1. The van der Waals surface area contributed by atoms with Gasteiger partial charge in [0.2, 0.25) is 5.91 Å². The fourth-order valence-electron chi connectivity index (χ4n) is 1.77. The van der Waals surface area contributed by atoms with Crippen LogP contribution in [0.4, 0.5) is 13.2 Å². The normalized spacial score (nSPS) is 11.5. The molecule has 0 saturated carbocycles. The third kappa shape index (κ3) is 5.27. The average molecular weight is 344 g/mol. The number of hydrogen-bond donors (Lipinski definition) is 1. The van der Waals surface area contributed by atoms with Crippen LogP contribution in [0.5, 0.6) is 0 Å². The number of aromatic nitrogens is 3. The number of pyridine rings is 1. The standard InChI is InChI=1S/C14H15F3N4OS/c1-21-7-6-18-11(21)4-5-19-12(22)9-23-13-3-2-10(8-20-13)14(15,16)17/h2-3,6-8H,4-5,9H2,1H3,(H,19,22). The van der Waals surface area contributed by atoms with Crippen LogP contribution in [0.2, 0.25) is 0 Å². The minimum atomic E-state index is -4.40. The number of carbonyl (C=O) groups excluding carboxylic acids is 1. The summed E-state index contributed by atoms with van der Waals surface area (Å²) < 4.78 is 39.1. The Balaban J connectivity index is 1.73. The van der Waals surface area contributed by atoms with E-state index in [1.54, 1.807) is 6.20 Å². The molecular weight excluding hydrogens is 329 g/mol. The van der Waals surface area contributed by atoms with Crippen LogP contribution in [0.25, 0.3) is 0 Å². The first kappa shape index (κ1) is 17.3. The molecule has 1 amide bonds. The van der Waals surface area contributed by atoms with Crippen LogP contribution in [-0.4, -0.2) is 32.7 Å². The maximum atomic E-state index is 12.4. The third-order valence-electron chi connectivity index (χ3n) is 3.01. The largest absolute Gasteiger partial charge is 0.417 e. The molecule has 5 nitrogen and oxygen atoms in total. The smallest absolute Gasteiger partial charge is 0.355 e. The van der Waals surface area contributed by atoms with Gasteiger partial charge >= 0.3 is 6.18 Å². The van der Waals surface area contributed by atoms with Crippen LogP contribution in [0.3, 0.4) is 0 Å². The van der Waals surface area contributed by atoms with Gasteiger partial charge in [-0.3, -0.25) is 4.79 Å². The van der Waals surface area contributed by atoms with Gasteiger partial charge in [0, 0.05) is 38.6 Å². The van der Waals surface area contributed by atoms with Gasteiger partial charge in [-0.1, -0.05) is 11.8 Å². The number of carbonyl (C=O) groups is 1. The summed E-state index contributed by atoms with van der Waals surface area (Å²) in [5.74, 6) is 0.757. The Hall–Kier alpha value is -2.03. The van der Waals surface area contributed by atoms with Crippen molar-refractivity contribution in [2.24, 2.45) is 7.05 Å². The summed E-state index contributed by atoms with van der Waals surface area (Å²) in [5.41, 5.74) is -0.804. The van der Waals surface area contributed by atoms with Crippen LogP contribution >= 0.6 is 11.8 Å². The highest BCUT2D eigenvalue weighted by Gasteiger charge is 2.30. The van der Waals surface area contributed by atoms with E-state index in [9.17, 15) is 18.0 Å². The van der Waals surface area contributed by atoms with Crippen molar-refractivity contribution in [1.29, 1.82) is 0 Å². The number of halogens is 3. The minimum Gasteiger partial charge on any atom is -0.355 e. The molecule has 124 valence electrons. The monoisotopic (exact) mass is 344 g/mol. The lowest BCUT2D eigenvalue weighted by molar-refractivity contribution is -0.137. The van der Waals surface area contributed by atoms with Crippen LogP contribution < -0.4 is 5.32 Å². The van der Waals surface area contributed by atoms with Gasteiger partial charge in [-0.2, -0.15) is 13.2 Å². The minimum absolute atomic E-state index is 0.0962. The molecule has 0 bridgehead atoms. The molecule has 2 aromatic rings. The first-order valence-electron chi connectivity index (χ1n) is 6.75. The fraction of sp³-hybridized carbons (Fsp3) is 0.357. The van der Waals surface area contributed by atoms with Gasteiger partial charge in [-0.15, -0.1) is 0 Å². The summed E-state index contributed by atoms with van der Waals surface area (Å²) in [4.78, 5) is 19.5. The van der Waals surface area contributed by atoms with Gasteiger partial charge < -0.3 is 9.88 Å². The predicted molar refractivity (Wildman–Crippen MR) is 79.9 cm³/mol. The van der Waals surface area contributed by atoms with Crippen molar-refractivity contribution in [2.75, 3.05) is 12.3 Å². The molecule has 0 saturated heterocycles. The maximum absolute atomic E-state index is 12.4. The highest BCUT2D eigenvalue weighted by Crippen LogP contribution is 2.29. The molecule has 0 aliphatic carbocycles. The topological polar surface area (TPSA) is 59.8 Å². The summed E-state index contributed by atoms with van der Waals surface area (Å²) in [7, 11) is 1.87. The first-order valence-corrected chi connectivity index (χ1v) is 7.74. The summed E-state index contributed by atoms with van der Waals surface area (Å²) >= 11 is 1.09. The number of aryl methyl sites for hydroxylation is 1. The molecule has 0 spiro atoms. The van der Waals surface area contributed by atoms with Crippen molar-refractivity contribution >= 4 is 17.7 Å². The van der Waals surface area contributed by atoms with Crippen molar-refractivity contribution in [3.63, 3.8) is 0 Å². The quantitative estimate of drug-likeness (QED) is 0.817. The average Bonchev–Trinajstić information content (AvgIpc) is 2.90. The maximum Gasteiger partial charge on any atom is 0.417 e. The van der Waals surface area contributed by atoms with Crippen molar-refractivity contribution in [2.45, 2.75) is 17.6 Å². The SMILES string of the molecule is Cn1ccnc1CCNC(=O)CSc1ccc(C(F)(F)F)cn1. The summed E-state index contributed by atoms with van der Waals surface area (Å²) in [5, 5.41) is 3.11. The van der Waals surface area contributed by atoms with E-state index >= 15 is 0 Å². The summed E-state index contributed by atoms with van der Waals surface area (Å²) in [6, 6.07) is 2.21. The third-order valence-corrected chi connectivity index (χ3v) is 3.95. The molecule has 9 heteroatoms. The van der Waals surface area contributed by atoms with E-state index in [2.05, 4.69) is 15.3 Å². The Kier molecular flexibility index (Phi) is 5.64. The Morgan fingerprint density at radius 2 is 2.13 bits per heavy atom. The van der Waals surface area contributed by atoms with Gasteiger partial charge in [0.25, 0.3) is 0 Å². The van der Waals surface area contributed by atoms with Gasteiger partial charge in [-0.05, 0) is 12.1 Å². The molecule has 0 unspecified atom stereocenters. The number of thioether (sulfide) groups is 1. The number of nitrogens with zero attached hydrogens (tertiary/aromatic N) is 3. The Bertz CT molecular complexity index is 655. The predicted octanol–water partition coefficient (Wildman–Crippen LogP) is 2.28. The zero-order chi connectivity index (χ0) is 16.9. The van der Waals surface area contributed by atoms with Crippen LogP contribution in [0, 0.1) is 0 Å². The Labute approximate surface area is 135 Å². The molecule has 1 N–H and O–H groups in total. The van der Waals surface area contributed by atoms with E-state index in [0.29, 0.717) is 18.0 Å². The highest BCUT2D eigenvalue weighted by atomic mass is 32.2. The van der Waals surface area contributed by atoms with Crippen molar-refractivity contribution in [1.82, 2.24) is 19.9 Å². The number of hydrogen-bond acceptors (Lipinski definition) is 4. The lowest BCUT2D eigenvalue weighted by Gasteiger charge is -2.07. The van der Waals surface area contributed by atoms with E-state index in [-0.39, 0.29) is 11.7 Å². The molecule has 2 aromatic heterocycles. The molecule has 23 heavy (non-hydrogen) atoms. The van der Waals surface area contributed by atoms with Crippen molar-refractivity contribution in [3.8, 4) is 0 Å². The lowest BCUT2D eigenvalue weighted by Crippen LogP contribution is -2.27. The van der Waals surface area contributed by atoms with E-state index < -0.39 is 11.7 Å². The van der Waals surface area contributed by atoms with E-state index in [0.717, 1.165) is 29.8 Å². The second kappa shape index (κ2) is 7.49. The Morgan fingerprint density at radius 3 is 2.70 bits per heavy atom. The number of imidazole rings is 1. The van der Waals surface area contributed by atoms with E-state index in [1.165, 1.54) is 6.07 Å². The molecule has 0 aromatic carbocycles. The summed E-state index contributed by atoms with van der Waals surface area (Å²) in [6.07, 6.45) is 0.477. The van der Waals surface area contributed by atoms with E-state index in [4.69, 9.17) is 0 Å². The number of alkyl halides is 3. The van der Waals surface area contributed by atoms with Gasteiger partial charge in [0.15, 0.2) is 0 Å². The van der Waals surface area contributed by atoms with Crippen LogP contribution in [0.15, 0.2) is 35.7 Å². The zero-order valence-electron chi connectivity index (χ0n) is 12.3. The van der Waals surface area contributed by atoms with Crippen LogP contribution in [0.1, 0.15) is 11.4 Å². The molecular formula is C14H15F3N4OS. The second-order valence-electron chi connectivity index (χ2n) is 4.73. The van der Waals surface area contributed by atoms with Crippen molar-refractivity contribution < 1.29 is 18.0 Å². The molecule has 0 fully saturated rings. The molecule has 0 aliphatic heterocycles. The molecule has 2 rings (SSSR count). The Morgan fingerprint density at radius 1 is 1.35 bits per heavy atom. The lowest BCUT2D eigenvalue weighted by atomic mass is 10.3. The molecule has 0 aliphatic rings. The van der Waals surface area contributed by atoms with Crippen LogP contribution in [-0.2, 0) is 24.4 Å². The fourth-order valence-corrected chi connectivity index (χ4v) is 2.45. The number of nitrogens with one attached hydrogen (secondary N) is 1. The number of rotatable bonds is 6. The van der Waals surface area contributed by atoms with Gasteiger partial charge in [-0.25, -0.2) is 9.97 Å². The molecule has 2 heterocycles. The van der Waals surface area contributed by atoms with Gasteiger partial charge in [0.1, 0.15) is 5.82 Å². The summed E-state index contributed by atoms with van der Waals surface area (Å²) in [6.45, 7) is 0.449. The van der Waals surface area contributed by atoms with Gasteiger partial charge in [0.05, 0.1) is 16.3 Å². The first-order chi connectivity index (χ1) is 10.9. The highest BCUT2D eigenvalue weighted by molar-refractivity contribution is 7.99. The van der Waals surface area contributed by atoms with Crippen molar-refractivity contribution in [3.05, 3.63) is 42.1 Å². The van der Waals surface area contributed by atoms with E-state index in [1.807, 2.05) is 17.8 Å². The molecule has 0 atom stereocenters.